The topological polar surface area (TPSA) is 18.5 Å². The molecule has 0 unspecified atom stereocenters. The van der Waals surface area contributed by atoms with Crippen LogP contribution in [-0.2, 0) is 13.0 Å². The smallest absolute Gasteiger partial charge is 0.0410 e. The van der Waals surface area contributed by atoms with E-state index in [2.05, 4.69) is 46.4 Å². The molecule has 0 amide bonds. The number of hydrogen-bond acceptors (Lipinski definition) is 3. The third kappa shape index (κ3) is 4.95. The van der Waals surface area contributed by atoms with Crippen molar-refractivity contribution in [1.82, 2.24) is 10.2 Å². The van der Waals surface area contributed by atoms with Crippen LogP contribution in [0, 0.1) is 0 Å². The van der Waals surface area contributed by atoms with Crippen LogP contribution in [-0.4, -0.2) is 43.7 Å². The van der Waals surface area contributed by atoms with Crippen molar-refractivity contribution >= 4 is 41.3 Å². The van der Waals surface area contributed by atoms with E-state index < -0.39 is 0 Å². The van der Waals surface area contributed by atoms with Crippen molar-refractivity contribution in [2.24, 2.45) is 0 Å². The summed E-state index contributed by atoms with van der Waals surface area (Å²) in [4.78, 5) is 5.13. The molecule has 1 saturated heterocycles. The lowest BCUT2D eigenvalue weighted by Gasteiger charge is -2.39. The van der Waals surface area contributed by atoms with E-state index in [-0.39, 0.29) is 12.4 Å². The molecule has 1 fully saturated rings. The van der Waals surface area contributed by atoms with Crippen LogP contribution in [0.1, 0.15) is 24.0 Å². The molecule has 3 nitrogen and oxygen atoms in total. The van der Waals surface area contributed by atoms with Crippen molar-refractivity contribution in [2.75, 3.05) is 31.6 Å². The van der Waals surface area contributed by atoms with Crippen LogP contribution < -0.4 is 10.2 Å². The molecule has 2 aliphatic rings. The van der Waals surface area contributed by atoms with Crippen molar-refractivity contribution in [3.05, 3.63) is 63.6 Å². The number of rotatable bonds is 3. The van der Waals surface area contributed by atoms with Crippen LogP contribution in [0.5, 0.6) is 0 Å². The lowest BCUT2D eigenvalue weighted by molar-refractivity contribution is 0.106. The van der Waals surface area contributed by atoms with Gasteiger partial charge >= 0.3 is 0 Å². The number of piperidine rings is 1. The Morgan fingerprint density at radius 3 is 2.39 bits per heavy atom. The Kier molecular flexibility index (Phi) is 7.52. The van der Waals surface area contributed by atoms with Gasteiger partial charge in [-0.15, -0.1) is 12.4 Å². The maximum absolute atomic E-state index is 6.33. The van der Waals surface area contributed by atoms with Crippen LogP contribution in [0.15, 0.2) is 42.5 Å². The zero-order chi connectivity index (χ0) is 18.8. The van der Waals surface area contributed by atoms with Gasteiger partial charge in [0.15, 0.2) is 0 Å². The fourth-order valence-corrected chi connectivity index (χ4v) is 4.86. The molecule has 1 atom stereocenters. The number of benzene rings is 2. The molecule has 0 aromatic heterocycles. The Morgan fingerprint density at radius 1 is 1.00 bits per heavy atom. The van der Waals surface area contributed by atoms with Gasteiger partial charge in [0, 0.05) is 48.0 Å². The molecular weight excluding hydrogens is 413 g/mol. The fraction of sp³-hybridized carbons (Fsp3) is 0.455. The first kappa shape index (κ1) is 21.7. The largest absolute Gasteiger partial charge is 0.373 e. The number of hydrogen-bond donors (Lipinski definition) is 1. The lowest BCUT2D eigenvalue weighted by atomic mass is 9.98. The molecule has 2 aromatic rings. The first-order valence-corrected chi connectivity index (χ1v) is 10.6. The first-order chi connectivity index (χ1) is 13.1. The van der Waals surface area contributed by atoms with Crippen molar-refractivity contribution in [2.45, 2.75) is 37.9 Å². The lowest BCUT2D eigenvalue weighted by Crippen LogP contribution is -2.50. The Morgan fingerprint density at radius 2 is 1.68 bits per heavy atom. The quantitative estimate of drug-likeness (QED) is 0.722. The zero-order valence-corrected chi connectivity index (χ0v) is 18.5. The third-order valence-electron chi connectivity index (χ3n) is 5.92. The van der Waals surface area contributed by atoms with Crippen LogP contribution in [0.2, 0.25) is 10.0 Å². The summed E-state index contributed by atoms with van der Waals surface area (Å²) in [5, 5.41) is 5.13. The van der Waals surface area contributed by atoms with E-state index in [1.165, 1.54) is 29.7 Å². The normalized spacial score (nSPS) is 21.0. The van der Waals surface area contributed by atoms with E-state index in [9.17, 15) is 0 Å². The summed E-state index contributed by atoms with van der Waals surface area (Å²) in [7, 11) is 2.20. The van der Waals surface area contributed by atoms with E-state index >= 15 is 0 Å². The van der Waals surface area contributed by atoms with Gasteiger partial charge in [0.1, 0.15) is 0 Å². The maximum atomic E-state index is 6.33. The summed E-state index contributed by atoms with van der Waals surface area (Å²) in [5.41, 5.74) is 3.99. The molecule has 6 heteroatoms. The van der Waals surface area contributed by atoms with Gasteiger partial charge in [0.2, 0.25) is 0 Å². The molecule has 152 valence electrons. The standard InChI is InChI=1S/C22H27Cl2N3.ClH/c1-26-15-21(12-16-2-4-18(23)5-3-16)27(20-8-10-25-11-9-20)14-17-13-19(24)6-7-22(17)26;/h2-7,13,20-21,25H,8-12,14-15H2,1H3;1H/t21-;/m0./s1. The summed E-state index contributed by atoms with van der Waals surface area (Å²) >= 11 is 12.4. The number of nitrogens with zero attached hydrogens (tertiary/aromatic N) is 2. The summed E-state index contributed by atoms with van der Waals surface area (Å²) < 4.78 is 0. The van der Waals surface area contributed by atoms with Gasteiger partial charge in [-0.2, -0.15) is 0 Å². The molecule has 4 rings (SSSR count). The SMILES string of the molecule is CN1C[C@H](Cc2ccc(Cl)cc2)N(C2CCNCC2)Cc2cc(Cl)ccc21.Cl. The monoisotopic (exact) mass is 439 g/mol. The van der Waals surface area contributed by atoms with Crippen LogP contribution >= 0.6 is 35.6 Å². The van der Waals surface area contributed by atoms with Crippen LogP contribution in [0.3, 0.4) is 0 Å². The molecular formula is C22H28Cl3N3. The van der Waals surface area contributed by atoms with Crippen LogP contribution in [0.25, 0.3) is 0 Å². The minimum atomic E-state index is 0. The number of nitrogens with one attached hydrogen (secondary N) is 1. The average Bonchev–Trinajstić information content (AvgIpc) is 2.80. The molecule has 0 saturated carbocycles. The van der Waals surface area contributed by atoms with E-state index in [0.29, 0.717) is 12.1 Å². The number of anilines is 1. The second-order valence-electron chi connectivity index (χ2n) is 7.79. The molecule has 0 spiro atoms. The molecule has 2 aromatic carbocycles. The Balaban J connectivity index is 0.00000225. The highest BCUT2D eigenvalue weighted by atomic mass is 35.5. The minimum Gasteiger partial charge on any atom is -0.373 e. The second-order valence-corrected chi connectivity index (χ2v) is 8.66. The van der Waals surface area contributed by atoms with E-state index in [0.717, 1.165) is 42.6 Å². The number of halogens is 3. The van der Waals surface area contributed by atoms with Gasteiger partial charge in [0.05, 0.1) is 0 Å². The second kappa shape index (κ2) is 9.69. The summed E-state index contributed by atoms with van der Waals surface area (Å²) in [5.74, 6) is 0. The third-order valence-corrected chi connectivity index (χ3v) is 6.41. The molecule has 0 radical (unpaired) electrons. The molecule has 2 aliphatic heterocycles. The molecule has 0 bridgehead atoms. The van der Waals surface area contributed by atoms with Crippen molar-refractivity contribution in [1.29, 1.82) is 0 Å². The highest BCUT2D eigenvalue weighted by molar-refractivity contribution is 6.31. The van der Waals surface area contributed by atoms with E-state index in [1.807, 2.05) is 18.2 Å². The first-order valence-electron chi connectivity index (χ1n) is 9.80. The number of fused-ring (bicyclic) bond motifs is 1. The van der Waals surface area contributed by atoms with Gasteiger partial charge in [-0.25, -0.2) is 0 Å². The predicted molar refractivity (Wildman–Crippen MR) is 122 cm³/mol. The number of likely N-dealkylation sites (N-methyl/N-ethyl adjacent to an activating group) is 1. The summed E-state index contributed by atoms with van der Waals surface area (Å²) in [6, 6.07) is 15.7. The van der Waals surface area contributed by atoms with Crippen molar-refractivity contribution in [3.8, 4) is 0 Å². The maximum Gasteiger partial charge on any atom is 0.0410 e. The van der Waals surface area contributed by atoms with E-state index in [4.69, 9.17) is 23.2 Å². The van der Waals surface area contributed by atoms with E-state index in [1.54, 1.807) is 0 Å². The molecule has 28 heavy (non-hydrogen) atoms. The summed E-state index contributed by atoms with van der Waals surface area (Å²) in [6.07, 6.45) is 3.45. The highest BCUT2D eigenvalue weighted by Gasteiger charge is 2.32. The van der Waals surface area contributed by atoms with Gasteiger partial charge in [-0.1, -0.05) is 35.3 Å². The Labute approximate surface area is 184 Å². The highest BCUT2D eigenvalue weighted by Crippen LogP contribution is 2.32. The molecule has 0 aliphatic carbocycles. The zero-order valence-electron chi connectivity index (χ0n) is 16.2. The average molecular weight is 441 g/mol. The minimum absolute atomic E-state index is 0. The predicted octanol–water partition coefficient (Wildman–Crippen LogP) is 5.03. The molecule has 1 N–H and O–H groups in total. The van der Waals surface area contributed by atoms with Gasteiger partial charge in [0.25, 0.3) is 0 Å². The Hall–Kier alpha value is -0.970. The van der Waals surface area contributed by atoms with Gasteiger partial charge in [-0.3, -0.25) is 4.90 Å². The van der Waals surface area contributed by atoms with Gasteiger partial charge in [-0.05, 0) is 73.8 Å². The summed E-state index contributed by atoms with van der Waals surface area (Å²) in [6.45, 7) is 4.19. The molecule has 2 heterocycles. The van der Waals surface area contributed by atoms with Gasteiger partial charge < -0.3 is 10.2 Å². The van der Waals surface area contributed by atoms with Crippen molar-refractivity contribution < 1.29 is 0 Å². The Bertz CT molecular complexity index is 775. The van der Waals surface area contributed by atoms with Crippen molar-refractivity contribution in [3.63, 3.8) is 0 Å². The fourth-order valence-electron chi connectivity index (χ4n) is 4.54. The van der Waals surface area contributed by atoms with Crippen LogP contribution in [0.4, 0.5) is 5.69 Å².